The monoisotopic (exact) mass is 294 g/mol. The smallest absolute Gasteiger partial charge is 0.161 e. The summed E-state index contributed by atoms with van der Waals surface area (Å²) in [7, 11) is 0. The van der Waals surface area contributed by atoms with E-state index in [1.165, 1.54) is 6.42 Å². The first kappa shape index (κ1) is 13.4. The van der Waals surface area contributed by atoms with Crippen LogP contribution in [-0.2, 0) is 11.3 Å². The van der Waals surface area contributed by atoms with Crippen LogP contribution in [0.1, 0.15) is 19.3 Å². The summed E-state index contributed by atoms with van der Waals surface area (Å²) in [6.07, 6.45) is 7.31. The molecule has 0 aromatic carbocycles. The van der Waals surface area contributed by atoms with Crippen LogP contribution in [0.2, 0.25) is 0 Å². The Kier molecular flexibility index (Phi) is 3.56. The van der Waals surface area contributed by atoms with Crippen molar-refractivity contribution < 1.29 is 4.74 Å². The molecule has 0 aliphatic carbocycles. The number of ether oxygens (including phenoxy) is 1. The largest absolute Gasteiger partial charge is 0.376 e. The van der Waals surface area contributed by atoms with E-state index in [1.807, 2.05) is 36.5 Å². The van der Waals surface area contributed by atoms with Crippen LogP contribution in [0, 0.1) is 0 Å². The highest BCUT2D eigenvalue weighted by Crippen LogP contribution is 2.24. The highest BCUT2D eigenvalue weighted by atomic mass is 16.5. The Hall–Kier alpha value is -2.27. The van der Waals surface area contributed by atoms with Crippen molar-refractivity contribution in [1.29, 1.82) is 0 Å². The molecule has 0 saturated carbocycles. The Morgan fingerprint density at radius 2 is 2.05 bits per heavy atom. The standard InChI is InChI=1S/C17H18N4O/c1-3-9-18-14(7-1)17-20-15-8-5-10-19-16(15)21(17)12-13-6-2-4-11-22-13/h1,3,5,7-10,13H,2,4,6,11-12H2. The molecule has 0 N–H and O–H groups in total. The van der Waals surface area contributed by atoms with Crippen LogP contribution in [0.3, 0.4) is 0 Å². The highest BCUT2D eigenvalue weighted by molar-refractivity contribution is 5.76. The van der Waals surface area contributed by atoms with Crippen molar-refractivity contribution in [3.8, 4) is 11.5 Å². The lowest BCUT2D eigenvalue weighted by molar-refractivity contribution is 0.00677. The Labute approximate surface area is 129 Å². The zero-order chi connectivity index (χ0) is 14.8. The number of pyridine rings is 2. The van der Waals surface area contributed by atoms with Gasteiger partial charge in [0, 0.05) is 19.0 Å². The number of hydrogen-bond acceptors (Lipinski definition) is 4. The van der Waals surface area contributed by atoms with Crippen molar-refractivity contribution in [2.75, 3.05) is 6.61 Å². The molecular weight excluding hydrogens is 276 g/mol. The lowest BCUT2D eigenvalue weighted by Gasteiger charge is -2.23. The Balaban J connectivity index is 1.79. The molecule has 0 radical (unpaired) electrons. The summed E-state index contributed by atoms with van der Waals surface area (Å²) in [5, 5.41) is 0. The van der Waals surface area contributed by atoms with Crippen LogP contribution >= 0.6 is 0 Å². The van der Waals surface area contributed by atoms with Crippen LogP contribution in [0.4, 0.5) is 0 Å². The maximum absolute atomic E-state index is 5.89. The third-order valence-corrected chi connectivity index (χ3v) is 4.06. The number of hydrogen-bond donors (Lipinski definition) is 0. The van der Waals surface area contributed by atoms with Gasteiger partial charge in [0.15, 0.2) is 11.5 Å². The number of imidazole rings is 1. The van der Waals surface area contributed by atoms with Gasteiger partial charge in [0.2, 0.25) is 0 Å². The summed E-state index contributed by atoms with van der Waals surface area (Å²) in [5.41, 5.74) is 2.67. The highest BCUT2D eigenvalue weighted by Gasteiger charge is 2.20. The van der Waals surface area contributed by atoms with E-state index in [1.54, 1.807) is 6.20 Å². The molecule has 1 unspecified atom stereocenters. The van der Waals surface area contributed by atoms with Gasteiger partial charge in [-0.15, -0.1) is 0 Å². The minimum absolute atomic E-state index is 0.232. The molecule has 5 nitrogen and oxygen atoms in total. The van der Waals surface area contributed by atoms with Crippen molar-refractivity contribution in [3.05, 3.63) is 42.7 Å². The van der Waals surface area contributed by atoms with Crippen LogP contribution in [-0.4, -0.2) is 32.2 Å². The van der Waals surface area contributed by atoms with E-state index in [2.05, 4.69) is 14.5 Å². The minimum atomic E-state index is 0.232. The summed E-state index contributed by atoms with van der Waals surface area (Å²) >= 11 is 0. The molecule has 1 atom stereocenters. The second-order valence-electron chi connectivity index (χ2n) is 5.60. The molecule has 0 amide bonds. The predicted molar refractivity (Wildman–Crippen MR) is 84.4 cm³/mol. The van der Waals surface area contributed by atoms with E-state index >= 15 is 0 Å². The molecule has 22 heavy (non-hydrogen) atoms. The Morgan fingerprint density at radius 3 is 2.86 bits per heavy atom. The molecule has 1 saturated heterocycles. The van der Waals surface area contributed by atoms with Crippen LogP contribution in [0.15, 0.2) is 42.7 Å². The fourth-order valence-electron chi connectivity index (χ4n) is 2.98. The SMILES string of the molecule is c1ccc(-c2nc3cccnc3n2CC2CCCCO2)nc1. The first-order chi connectivity index (χ1) is 10.9. The van der Waals surface area contributed by atoms with Gasteiger partial charge in [-0.3, -0.25) is 4.98 Å². The van der Waals surface area contributed by atoms with Gasteiger partial charge in [0.05, 0.1) is 12.6 Å². The van der Waals surface area contributed by atoms with Crippen molar-refractivity contribution in [1.82, 2.24) is 19.5 Å². The first-order valence-corrected chi connectivity index (χ1v) is 7.76. The summed E-state index contributed by atoms with van der Waals surface area (Å²) in [6.45, 7) is 1.63. The molecule has 4 heterocycles. The van der Waals surface area contributed by atoms with Crippen LogP contribution in [0.25, 0.3) is 22.7 Å². The molecule has 5 heteroatoms. The normalized spacial score (nSPS) is 18.6. The molecule has 1 aliphatic rings. The summed E-state index contributed by atoms with van der Waals surface area (Å²) < 4.78 is 8.04. The number of fused-ring (bicyclic) bond motifs is 1. The van der Waals surface area contributed by atoms with Crippen molar-refractivity contribution >= 4 is 11.2 Å². The average Bonchev–Trinajstić information content (AvgIpc) is 2.95. The van der Waals surface area contributed by atoms with Gasteiger partial charge in [-0.05, 0) is 43.5 Å². The van der Waals surface area contributed by atoms with Gasteiger partial charge >= 0.3 is 0 Å². The fourth-order valence-corrected chi connectivity index (χ4v) is 2.98. The molecular formula is C17H18N4O. The van der Waals surface area contributed by atoms with E-state index in [0.29, 0.717) is 0 Å². The molecule has 112 valence electrons. The zero-order valence-corrected chi connectivity index (χ0v) is 12.4. The van der Waals surface area contributed by atoms with Crippen molar-refractivity contribution in [2.45, 2.75) is 31.9 Å². The first-order valence-electron chi connectivity index (χ1n) is 7.76. The number of nitrogens with zero attached hydrogens (tertiary/aromatic N) is 4. The van der Waals surface area contributed by atoms with Gasteiger partial charge < -0.3 is 9.30 Å². The predicted octanol–water partition coefficient (Wildman–Crippen LogP) is 3.06. The van der Waals surface area contributed by atoms with E-state index in [9.17, 15) is 0 Å². The second kappa shape index (κ2) is 5.85. The van der Waals surface area contributed by atoms with Gasteiger partial charge in [-0.25, -0.2) is 9.97 Å². The summed E-state index contributed by atoms with van der Waals surface area (Å²) in [4.78, 5) is 13.7. The summed E-state index contributed by atoms with van der Waals surface area (Å²) in [5.74, 6) is 0.864. The molecule has 1 aliphatic heterocycles. The van der Waals surface area contributed by atoms with E-state index < -0.39 is 0 Å². The van der Waals surface area contributed by atoms with E-state index in [0.717, 1.165) is 48.7 Å². The minimum Gasteiger partial charge on any atom is -0.376 e. The third-order valence-electron chi connectivity index (χ3n) is 4.06. The molecule has 1 fully saturated rings. The van der Waals surface area contributed by atoms with Gasteiger partial charge in [0.25, 0.3) is 0 Å². The lowest BCUT2D eigenvalue weighted by Crippen LogP contribution is -2.25. The maximum Gasteiger partial charge on any atom is 0.161 e. The molecule has 0 spiro atoms. The lowest BCUT2D eigenvalue weighted by atomic mass is 10.1. The maximum atomic E-state index is 5.89. The molecule has 3 aromatic heterocycles. The van der Waals surface area contributed by atoms with Gasteiger partial charge in [0.1, 0.15) is 11.2 Å². The number of rotatable bonds is 3. The Morgan fingerprint density at radius 1 is 1.09 bits per heavy atom. The molecule has 0 bridgehead atoms. The molecule has 4 rings (SSSR count). The van der Waals surface area contributed by atoms with E-state index in [-0.39, 0.29) is 6.10 Å². The average molecular weight is 294 g/mol. The van der Waals surface area contributed by atoms with Gasteiger partial charge in [-0.1, -0.05) is 6.07 Å². The number of aromatic nitrogens is 4. The van der Waals surface area contributed by atoms with E-state index in [4.69, 9.17) is 9.72 Å². The third kappa shape index (κ3) is 2.48. The fraction of sp³-hybridized carbons (Fsp3) is 0.353. The topological polar surface area (TPSA) is 52.8 Å². The second-order valence-corrected chi connectivity index (χ2v) is 5.60. The van der Waals surface area contributed by atoms with Crippen molar-refractivity contribution in [2.24, 2.45) is 0 Å². The van der Waals surface area contributed by atoms with Crippen LogP contribution in [0.5, 0.6) is 0 Å². The van der Waals surface area contributed by atoms with Crippen molar-refractivity contribution in [3.63, 3.8) is 0 Å². The van der Waals surface area contributed by atoms with Gasteiger partial charge in [-0.2, -0.15) is 0 Å². The summed E-state index contributed by atoms with van der Waals surface area (Å²) in [6, 6.07) is 9.79. The van der Waals surface area contributed by atoms with Crippen LogP contribution < -0.4 is 0 Å². The molecule has 3 aromatic rings. The Bertz CT molecular complexity index is 763. The quantitative estimate of drug-likeness (QED) is 0.745. The zero-order valence-electron chi connectivity index (χ0n) is 12.4.